The molecule has 33 heavy (non-hydrogen) atoms. The first kappa shape index (κ1) is 21.8. The van der Waals surface area contributed by atoms with Crippen LogP contribution in [0.15, 0.2) is 51.0 Å². The van der Waals surface area contributed by atoms with Crippen molar-refractivity contribution in [2.45, 2.75) is 25.7 Å². The van der Waals surface area contributed by atoms with E-state index in [0.717, 1.165) is 5.57 Å². The number of hydrogen-bond donors (Lipinski definition) is 1. The molecule has 1 heterocycles. The predicted octanol–water partition coefficient (Wildman–Crippen LogP) is 3.22. The Hall–Kier alpha value is -3.00. The number of methoxy groups -OCH3 is 1. The molecular formula is C25H22BrNO6. The number of hydrogen-bond acceptors (Lipinski definition) is 6. The minimum Gasteiger partial charge on any atom is -0.504 e. The molecule has 2 amide bonds. The second kappa shape index (κ2) is 7.52. The second-order valence-electron chi connectivity index (χ2n) is 9.01. The summed E-state index contributed by atoms with van der Waals surface area (Å²) in [6, 6.07) is 3.33. The van der Waals surface area contributed by atoms with Crippen LogP contribution in [0.4, 0.5) is 0 Å². The lowest BCUT2D eigenvalue weighted by atomic mass is 9.59. The molecule has 8 heteroatoms. The maximum Gasteiger partial charge on any atom is 0.233 e. The Balaban J connectivity index is 1.77. The van der Waals surface area contributed by atoms with Crippen LogP contribution < -0.4 is 4.74 Å². The van der Waals surface area contributed by atoms with Crippen molar-refractivity contribution in [2.75, 3.05) is 14.2 Å². The number of rotatable bonds is 2. The third kappa shape index (κ3) is 3.00. The standard InChI is InChI=1S/C25H22BrNO6/c1-10-6-17(28)15-9-14-12(4-5-13-20(14)25(32)27(2)24(13)31)19(21(15)22(10)29)16-7-11(26)8-18(33-3)23(16)30/h4,6-8,13-14,19-20,30H,5,9H2,1-3H3. The molecule has 1 aliphatic heterocycles. The number of aromatic hydroxyl groups is 1. The lowest BCUT2D eigenvalue weighted by molar-refractivity contribution is -0.138. The minimum absolute atomic E-state index is 0.125. The molecule has 1 fully saturated rings. The number of halogens is 1. The summed E-state index contributed by atoms with van der Waals surface area (Å²) >= 11 is 3.44. The van der Waals surface area contributed by atoms with Gasteiger partial charge in [-0.2, -0.15) is 0 Å². The normalized spacial score (nSPS) is 28.9. The van der Waals surface area contributed by atoms with Crippen LogP contribution in [0.1, 0.15) is 31.2 Å². The fourth-order valence-electron chi connectivity index (χ4n) is 5.84. The molecule has 0 radical (unpaired) electrons. The van der Waals surface area contributed by atoms with E-state index in [4.69, 9.17) is 4.74 Å². The number of nitrogens with zero attached hydrogens (tertiary/aromatic N) is 1. The van der Waals surface area contributed by atoms with Crippen LogP contribution in [-0.4, -0.2) is 47.5 Å². The highest BCUT2D eigenvalue weighted by atomic mass is 79.9. The van der Waals surface area contributed by atoms with E-state index in [2.05, 4.69) is 15.9 Å². The van der Waals surface area contributed by atoms with Gasteiger partial charge in [0.1, 0.15) is 0 Å². The molecule has 1 aromatic rings. The number of fused-ring (bicyclic) bond motifs is 3. The molecule has 4 unspecified atom stereocenters. The maximum absolute atomic E-state index is 13.4. The first-order valence-corrected chi connectivity index (χ1v) is 11.5. The number of carbonyl (C=O) groups is 4. The molecule has 3 aliphatic carbocycles. The Morgan fingerprint density at radius 1 is 1.12 bits per heavy atom. The highest BCUT2D eigenvalue weighted by molar-refractivity contribution is 9.10. The number of likely N-dealkylation sites (tertiary alicyclic amines) is 1. The zero-order valence-electron chi connectivity index (χ0n) is 18.3. The van der Waals surface area contributed by atoms with Crippen LogP contribution in [0.25, 0.3) is 0 Å². The monoisotopic (exact) mass is 511 g/mol. The second-order valence-corrected chi connectivity index (χ2v) is 9.93. The number of phenolic OH excluding ortho intramolecular Hbond substituents is 1. The van der Waals surface area contributed by atoms with E-state index >= 15 is 0 Å². The van der Waals surface area contributed by atoms with Gasteiger partial charge in [0.2, 0.25) is 11.8 Å². The SMILES string of the molecule is COc1cc(Br)cc(C2C3=CCC4C(=O)N(C)C(=O)C4C3CC3=C2C(=O)C(C)=CC3=O)c1O. The first-order chi connectivity index (χ1) is 15.6. The quantitative estimate of drug-likeness (QED) is 0.371. The average Bonchev–Trinajstić information content (AvgIpc) is 3.01. The van der Waals surface area contributed by atoms with Crippen LogP contribution >= 0.6 is 15.9 Å². The van der Waals surface area contributed by atoms with Gasteiger partial charge in [0.25, 0.3) is 0 Å². The average molecular weight is 512 g/mol. The molecule has 4 atom stereocenters. The van der Waals surface area contributed by atoms with Gasteiger partial charge in [0, 0.05) is 39.7 Å². The lowest BCUT2D eigenvalue weighted by Crippen LogP contribution is -2.39. The number of carbonyl (C=O) groups excluding carboxylic acids is 4. The van der Waals surface area contributed by atoms with E-state index in [1.54, 1.807) is 19.1 Å². The Morgan fingerprint density at radius 3 is 2.55 bits per heavy atom. The van der Waals surface area contributed by atoms with Crippen LogP contribution in [0.5, 0.6) is 11.5 Å². The van der Waals surface area contributed by atoms with E-state index in [1.165, 1.54) is 25.1 Å². The van der Waals surface area contributed by atoms with Crippen molar-refractivity contribution < 1.29 is 29.0 Å². The topological polar surface area (TPSA) is 101 Å². The molecule has 1 N–H and O–H groups in total. The van der Waals surface area contributed by atoms with Crippen LogP contribution in [0.3, 0.4) is 0 Å². The smallest absolute Gasteiger partial charge is 0.233 e. The third-order valence-electron chi connectivity index (χ3n) is 7.39. The van der Waals surface area contributed by atoms with Crippen molar-refractivity contribution in [3.8, 4) is 11.5 Å². The van der Waals surface area contributed by atoms with E-state index in [-0.39, 0.29) is 41.3 Å². The van der Waals surface area contributed by atoms with Crippen LogP contribution in [0, 0.1) is 17.8 Å². The number of allylic oxidation sites excluding steroid dienone is 6. The molecule has 0 bridgehead atoms. The van der Waals surface area contributed by atoms with Crippen molar-refractivity contribution in [1.82, 2.24) is 4.90 Å². The third-order valence-corrected chi connectivity index (χ3v) is 7.84. The molecule has 0 spiro atoms. The van der Waals surface area contributed by atoms with Crippen LogP contribution in [0.2, 0.25) is 0 Å². The van der Waals surface area contributed by atoms with Gasteiger partial charge in [-0.05, 0) is 43.9 Å². The molecule has 7 nitrogen and oxygen atoms in total. The van der Waals surface area contributed by atoms with Crippen LogP contribution in [-0.2, 0) is 19.2 Å². The Labute approximate surface area is 198 Å². The number of Topliss-reactive ketones (excluding diaryl/α,β-unsaturated/α-hetero) is 1. The van der Waals surface area contributed by atoms with Crippen molar-refractivity contribution in [3.63, 3.8) is 0 Å². The molecule has 4 aliphatic rings. The lowest BCUT2D eigenvalue weighted by Gasteiger charge is -2.42. The zero-order chi connectivity index (χ0) is 23.8. The summed E-state index contributed by atoms with van der Waals surface area (Å²) in [4.78, 5) is 53.3. The zero-order valence-corrected chi connectivity index (χ0v) is 19.9. The van der Waals surface area contributed by atoms with E-state index in [1.807, 2.05) is 6.08 Å². The van der Waals surface area contributed by atoms with Gasteiger partial charge >= 0.3 is 0 Å². The molecule has 0 aromatic heterocycles. The van der Waals surface area contributed by atoms with Gasteiger partial charge in [-0.15, -0.1) is 0 Å². The summed E-state index contributed by atoms with van der Waals surface area (Å²) in [5.74, 6) is -3.10. The summed E-state index contributed by atoms with van der Waals surface area (Å²) in [7, 11) is 2.92. The summed E-state index contributed by atoms with van der Waals surface area (Å²) in [6.45, 7) is 1.61. The van der Waals surface area contributed by atoms with Crippen molar-refractivity contribution in [3.05, 3.63) is 56.6 Å². The number of phenols is 1. The first-order valence-electron chi connectivity index (χ1n) is 10.7. The largest absolute Gasteiger partial charge is 0.504 e. The highest BCUT2D eigenvalue weighted by Gasteiger charge is 2.55. The maximum atomic E-state index is 13.4. The summed E-state index contributed by atoms with van der Waals surface area (Å²) in [5.41, 5.74) is 2.24. The molecule has 5 rings (SSSR count). The number of ether oxygens (including phenoxy) is 1. The Morgan fingerprint density at radius 2 is 1.85 bits per heavy atom. The summed E-state index contributed by atoms with van der Waals surface area (Å²) < 4.78 is 5.97. The summed E-state index contributed by atoms with van der Waals surface area (Å²) in [5, 5.41) is 11.1. The molecular weight excluding hydrogens is 490 g/mol. The molecule has 1 saturated heterocycles. The van der Waals surface area contributed by atoms with E-state index in [0.29, 0.717) is 33.2 Å². The molecule has 170 valence electrons. The fourth-order valence-corrected chi connectivity index (χ4v) is 6.30. The van der Waals surface area contributed by atoms with Gasteiger partial charge in [-0.3, -0.25) is 24.1 Å². The molecule has 1 aromatic carbocycles. The van der Waals surface area contributed by atoms with E-state index < -0.39 is 23.7 Å². The minimum atomic E-state index is -0.722. The van der Waals surface area contributed by atoms with Crippen molar-refractivity contribution in [1.29, 1.82) is 0 Å². The Kier molecular flexibility index (Phi) is 4.97. The van der Waals surface area contributed by atoms with E-state index in [9.17, 15) is 24.3 Å². The fraction of sp³-hybridized carbons (Fsp3) is 0.360. The predicted molar refractivity (Wildman–Crippen MR) is 121 cm³/mol. The number of benzene rings is 1. The van der Waals surface area contributed by atoms with Crippen molar-refractivity contribution in [2.24, 2.45) is 17.8 Å². The number of imide groups is 1. The number of ketones is 2. The number of amides is 2. The Bertz CT molecular complexity index is 1260. The summed E-state index contributed by atoms with van der Waals surface area (Å²) in [6.07, 6.45) is 3.84. The van der Waals surface area contributed by atoms with Gasteiger partial charge in [0.15, 0.2) is 23.1 Å². The van der Waals surface area contributed by atoms with Gasteiger partial charge < -0.3 is 9.84 Å². The van der Waals surface area contributed by atoms with Gasteiger partial charge in [-0.25, -0.2) is 0 Å². The molecule has 0 saturated carbocycles. The van der Waals surface area contributed by atoms with Crippen molar-refractivity contribution >= 4 is 39.3 Å². The highest BCUT2D eigenvalue weighted by Crippen LogP contribution is 2.56. The van der Waals surface area contributed by atoms with Gasteiger partial charge in [0.05, 0.1) is 18.9 Å². The van der Waals surface area contributed by atoms with Gasteiger partial charge in [-0.1, -0.05) is 27.6 Å².